The molecule has 1 aliphatic rings. The van der Waals surface area contributed by atoms with Gasteiger partial charge >= 0.3 is 0 Å². The van der Waals surface area contributed by atoms with E-state index in [-0.39, 0.29) is 23.3 Å². The predicted molar refractivity (Wildman–Crippen MR) is 133 cm³/mol. The van der Waals surface area contributed by atoms with Crippen LogP contribution < -0.4 is 10.6 Å². The second kappa shape index (κ2) is 8.64. The van der Waals surface area contributed by atoms with E-state index in [0.29, 0.717) is 10.8 Å². The highest BCUT2D eigenvalue weighted by Gasteiger charge is 2.40. The van der Waals surface area contributed by atoms with E-state index in [1.54, 1.807) is 28.8 Å². The molecule has 8 nitrogen and oxygen atoms in total. The number of anilines is 2. The van der Waals surface area contributed by atoms with Gasteiger partial charge in [-0.1, -0.05) is 32.9 Å². The van der Waals surface area contributed by atoms with E-state index in [1.165, 1.54) is 22.5 Å². The number of fused-ring (bicyclic) bond motifs is 1. The quantitative estimate of drug-likeness (QED) is 0.433. The minimum absolute atomic E-state index is 0.0283. The molecule has 174 valence electrons. The van der Waals surface area contributed by atoms with E-state index in [1.807, 2.05) is 19.3 Å². The molecule has 3 aromatic heterocycles. The fourth-order valence-corrected chi connectivity index (χ4v) is 5.06. The van der Waals surface area contributed by atoms with Gasteiger partial charge in [0.1, 0.15) is 4.88 Å². The predicted octanol–water partition coefficient (Wildman–Crippen LogP) is 4.77. The van der Waals surface area contributed by atoms with Crippen molar-refractivity contribution in [1.29, 1.82) is 0 Å². The first-order chi connectivity index (χ1) is 16.3. The largest absolute Gasteiger partial charge is 0.344 e. The lowest BCUT2D eigenvalue weighted by Crippen LogP contribution is -2.36. The molecule has 2 atom stereocenters. The Morgan fingerprint density at radius 1 is 1.21 bits per heavy atom. The van der Waals surface area contributed by atoms with Crippen molar-refractivity contribution in [3.05, 3.63) is 70.6 Å². The minimum atomic E-state index is -0.0689. The molecule has 0 fully saturated rings. The second-order valence-corrected chi connectivity index (χ2v) is 10.6. The standard InChI is InChI=1S/C25H27N7OS/c1-25(2,3)19-10-16-9-15(5-6-18(16)22(19)31-23(33)21-12-26-14-34-21)20-7-8-27-24(30-20)29-17-11-28-32(4)13-17/h5-9,11-14,19,22H,10H2,1-4H3,(H,31,33)(H,27,29,30). The van der Waals surface area contributed by atoms with Gasteiger partial charge in [-0.05, 0) is 41.0 Å². The Kier molecular flexibility index (Phi) is 5.65. The molecule has 9 heteroatoms. The molecular weight excluding hydrogens is 446 g/mol. The van der Waals surface area contributed by atoms with Crippen molar-refractivity contribution in [1.82, 2.24) is 30.0 Å². The third-order valence-corrected chi connectivity index (χ3v) is 7.06. The van der Waals surface area contributed by atoms with Crippen molar-refractivity contribution in [2.45, 2.75) is 33.2 Å². The number of hydrogen-bond donors (Lipinski definition) is 2. The molecule has 0 aliphatic heterocycles. The molecule has 3 heterocycles. The number of nitrogens with one attached hydrogen (secondary N) is 2. The zero-order valence-corrected chi connectivity index (χ0v) is 20.4. The Hall–Kier alpha value is -3.59. The first-order valence-corrected chi connectivity index (χ1v) is 12.1. The summed E-state index contributed by atoms with van der Waals surface area (Å²) in [5, 5.41) is 10.6. The molecule has 1 aromatic carbocycles. The number of hydrogen-bond acceptors (Lipinski definition) is 7. The number of aromatic nitrogens is 5. The summed E-state index contributed by atoms with van der Waals surface area (Å²) in [7, 11) is 1.87. The summed E-state index contributed by atoms with van der Waals surface area (Å²) in [5.74, 6) is 0.733. The third-order valence-electron chi connectivity index (χ3n) is 6.29. The maximum atomic E-state index is 12.9. The van der Waals surface area contributed by atoms with Crippen LogP contribution in [0, 0.1) is 11.3 Å². The molecule has 4 aromatic rings. The van der Waals surface area contributed by atoms with Crippen LogP contribution in [0.5, 0.6) is 0 Å². The van der Waals surface area contributed by atoms with Gasteiger partial charge in [0.2, 0.25) is 5.95 Å². The highest BCUT2D eigenvalue weighted by atomic mass is 32.1. The van der Waals surface area contributed by atoms with Gasteiger partial charge < -0.3 is 10.6 Å². The molecule has 0 saturated heterocycles. The second-order valence-electron chi connectivity index (χ2n) is 9.70. The van der Waals surface area contributed by atoms with Crippen LogP contribution in [0.2, 0.25) is 0 Å². The van der Waals surface area contributed by atoms with E-state index in [4.69, 9.17) is 4.98 Å². The summed E-state index contributed by atoms with van der Waals surface area (Å²) >= 11 is 1.36. The first-order valence-electron chi connectivity index (χ1n) is 11.2. The van der Waals surface area contributed by atoms with Gasteiger partial charge in [-0.2, -0.15) is 5.10 Å². The third kappa shape index (κ3) is 4.43. The van der Waals surface area contributed by atoms with Crippen molar-refractivity contribution < 1.29 is 4.79 Å². The average Bonchev–Trinajstić information content (AvgIpc) is 3.54. The summed E-state index contributed by atoms with van der Waals surface area (Å²) in [5.41, 5.74) is 6.83. The highest BCUT2D eigenvalue weighted by Crippen LogP contribution is 2.46. The summed E-state index contributed by atoms with van der Waals surface area (Å²) < 4.78 is 1.72. The van der Waals surface area contributed by atoms with Crippen molar-refractivity contribution in [3.8, 4) is 11.3 Å². The summed E-state index contributed by atoms with van der Waals surface area (Å²) in [6, 6.07) is 8.27. The molecule has 0 radical (unpaired) electrons. The lowest BCUT2D eigenvalue weighted by molar-refractivity contribution is 0.0900. The lowest BCUT2D eigenvalue weighted by atomic mass is 9.76. The van der Waals surface area contributed by atoms with Gasteiger partial charge in [-0.15, -0.1) is 11.3 Å². The van der Waals surface area contributed by atoms with Crippen LogP contribution in [-0.2, 0) is 13.5 Å². The average molecular weight is 474 g/mol. The molecule has 34 heavy (non-hydrogen) atoms. The van der Waals surface area contributed by atoms with E-state index in [2.05, 4.69) is 64.7 Å². The normalized spacial score (nSPS) is 17.4. The van der Waals surface area contributed by atoms with E-state index in [9.17, 15) is 4.79 Å². The van der Waals surface area contributed by atoms with Crippen LogP contribution in [0.3, 0.4) is 0 Å². The van der Waals surface area contributed by atoms with Crippen LogP contribution in [0.4, 0.5) is 11.6 Å². The van der Waals surface area contributed by atoms with E-state index >= 15 is 0 Å². The number of carbonyl (C=O) groups excluding carboxylic acids is 1. The van der Waals surface area contributed by atoms with Crippen molar-refractivity contribution in [3.63, 3.8) is 0 Å². The van der Waals surface area contributed by atoms with Crippen molar-refractivity contribution in [2.24, 2.45) is 18.4 Å². The molecule has 5 rings (SSSR count). The van der Waals surface area contributed by atoms with Crippen LogP contribution in [0.25, 0.3) is 11.3 Å². The van der Waals surface area contributed by atoms with Gasteiger partial charge in [0.05, 0.1) is 35.3 Å². The molecule has 0 spiro atoms. The van der Waals surface area contributed by atoms with E-state index in [0.717, 1.165) is 23.4 Å². The molecule has 1 amide bonds. The summed E-state index contributed by atoms with van der Waals surface area (Å²) in [4.78, 5) is 26.6. The fraction of sp³-hybridized carbons (Fsp3) is 0.320. The minimum Gasteiger partial charge on any atom is -0.344 e. The van der Waals surface area contributed by atoms with Crippen LogP contribution in [0.1, 0.15) is 47.6 Å². The molecule has 2 N–H and O–H groups in total. The van der Waals surface area contributed by atoms with E-state index < -0.39 is 0 Å². The Balaban J connectivity index is 1.43. The molecule has 1 aliphatic carbocycles. The van der Waals surface area contributed by atoms with Gasteiger partial charge in [-0.25, -0.2) is 9.97 Å². The van der Waals surface area contributed by atoms with Crippen molar-refractivity contribution >= 4 is 28.9 Å². The summed E-state index contributed by atoms with van der Waals surface area (Å²) in [6.45, 7) is 6.70. The SMILES string of the molecule is Cn1cc(Nc2nccc(-c3ccc4c(c3)CC(C(C)(C)C)C4NC(=O)c3cncs3)n2)cn1. The number of benzene rings is 1. The maximum absolute atomic E-state index is 12.9. The lowest BCUT2D eigenvalue weighted by Gasteiger charge is -2.33. The van der Waals surface area contributed by atoms with Gasteiger partial charge in [0.25, 0.3) is 5.91 Å². The van der Waals surface area contributed by atoms with Crippen LogP contribution in [0.15, 0.2) is 54.6 Å². The smallest absolute Gasteiger partial charge is 0.263 e. The van der Waals surface area contributed by atoms with Crippen molar-refractivity contribution in [2.75, 3.05) is 5.32 Å². The van der Waals surface area contributed by atoms with Gasteiger partial charge in [0.15, 0.2) is 0 Å². The number of nitrogens with zero attached hydrogens (tertiary/aromatic N) is 5. The monoisotopic (exact) mass is 473 g/mol. The Labute approximate surface area is 202 Å². The Morgan fingerprint density at radius 2 is 2.06 bits per heavy atom. The van der Waals surface area contributed by atoms with Crippen LogP contribution in [-0.4, -0.2) is 30.6 Å². The van der Waals surface area contributed by atoms with Gasteiger partial charge in [0, 0.05) is 25.0 Å². The number of thiazole rings is 1. The number of aryl methyl sites for hydroxylation is 1. The first kappa shape index (κ1) is 22.2. The van der Waals surface area contributed by atoms with Crippen LogP contribution >= 0.6 is 11.3 Å². The zero-order valence-electron chi connectivity index (χ0n) is 19.6. The van der Waals surface area contributed by atoms with Gasteiger partial charge in [-0.3, -0.25) is 14.5 Å². The number of rotatable bonds is 5. The molecule has 2 unspecified atom stereocenters. The topological polar surface area (TPSA) is 97.6 Å². The summed E-state index contributed by atoms with van der Waals surface area (Å²) in [6.07, 6.45) is 7.88. The molecular formula is C25H27N7OS. The molecule has 0 saturated carbocycles. The highest BCUT2D eigenvalue weighted by molar-refractivity contribution is 7.11. The maximum Gasteiger partial charge on any atom is 0.263 e. The fourth-order valence-electron chi connectivity index (χ4n) is 4.54. The zero-order chi connectivity index (χ0) is 23.9. The molecule has 0 bridgehead atoms. The number of carbonyl (C=O) groups is 1. The Morgan fingerprint density at radius 3 is 2.76 bits per heavy atom. The number of amides is 1. The Bertz CT molecular complexity index is 1320.